The van der Waals surface area contributed by atoms with E-state index in [-0.39, 0.29) is 0 Å². The Morgan fingerprint density at radius 2 is 1.68 bits per heavy atom. The van der Waals surface area contributed by atoms with Crippen molar-refractivity contribution in [2.75, 3.05) is 12.3 Å². The third-order valence-electron chi connectivity index (χ3n) is 3.15. The Morgan fingerprint density at radius 1 is 1.00 bits per heavy atom. The maximum absolute atomic E-state index is 3.57. The summed E-state index contributed by atoms with van der Waals surface area (Å²) in [7, 11) is 0. The summed E-state index contributed by atoms with van der Waals surface area (Å²) in [6, 6.07) is 19.7. The molecule has 0 bridgehead atoms. The molecule has 0 spiro atoms. The highest BCUT2D eigenvalue weighted by atomic mass is 32.2. The zero-order valence-electron chi connectivity index (χ0n) is 11.6. The van der Waals surface area contributed by atoms with Crippen LogP contribution >= 0.6 is 11.8 Å². The van der Waals surface area contributed by atoms with Gasteiger partial charge in [-0.15, -0.1) is 11.8 Å². The van der Waals surface area contributed by atoms with Crippen LogP contribution < -0.4 is 5.32 Å². The Hall–Kier alpha value is -1.25. The first-order valence-corrected chi connectivity index (χ1v) is 7.76. The van der Waals surface area contributed by atoms with Crippen molar-refractivity contribution in [3.8, 4) is 0 Å². The first kappa shape index (κ1) is 14.2. The fourth-order valence-corrected chi connectivity index (χ4v) is 3.22. The van der Waals surface area contributed by atoms with Gasteiger partial charge in [0, 0.05) is 16.7 Å². The average Bonchev–Trinajstić information content (AvgIpc) is 2.46. The van der Waals surface area contributed by atoms with Crippen molar-refractivity contribution in [2.45, 2.75) is 24.8 Å². The number of benzene rings is 2. The summed E-state index contributed by atoms with van der Waals surface area (Å²) in [5.41, 5.74) is 2.72. The van der Waals surface area contributed by atoms with Gasteiger partial charge in [0.15, 0.2) is 0 Å². The number of rotatable bonds is 6. The van der Waals surface area contributed by atoms with Gasteiger partial charge in [-0.25, -0.2) is 0 Å². The molecular weight excluding hydrogens is 250 g/mol. The predicted octanol–water partition coefficient (Wildman–Crippen LogP) is 4.44. The first-order chi connectivity index (χ1) is 9.31. The van der Waals surface area contributed by atoms with Gasteiger partial charge < -0.3 is 5.32 Å². The molecule has 1 nitrogen and oxygen atoms in total. The molecule has 1 unspecified atom stereocenters. The second-order valence-electron chi connectivity index (χ2n) is 4.60. The van der Waals surface area contributed by atoms with E-state index in [1.165, 1.54) is 16.0 Å². The minimum atomic E-state index is 0.413. The molecule has 2 aromatic rings. The lowest BCUT2D eigenvalue weighted by Gasteiger charge is -2.18. The molecule has 0 saturated carbocycles. The highest BCUT2D eigenvalue weighted by Crippen LogP contribution is 2.27. The van der Waals surface area contributed by atoms with Crippen molar-refractivity contribution in [1.29, 1.82) is 0 Å². The standard InChI is InChI=1S/C17H21NS/c1-3-18-16(15-10-5-4-6-11-15)13-19-17-12-8-7-9-14(17)2/h4-12,16,18H,3,13H2,1-2H3. The Morgan fingerprint density at radius 3 is 2.37 bits per heavy atom. The summed E-state index contributed by atoms with van der Waals surface area (Å²) < 4.78 is 0. The molecule has 19 heavy (non-hydrogen) atoms. The van der Waals surface area contributed by atoms with Gasteiger partial charge in [0.1, 0.15) is 0 Å². The van der Waals surface area contributed by atoms with E-state index in [0.29, 0.717) is 6.04 Å². The van der Waals surface area contributed by atoms with Gasteiger partial charge in [0.25, 0.3) is 0 Å². The molecule has 0 radical (unpaired) electrons. The third-order valence-corrected chi connectivity index (χ3v) is 4.42. The van der Waals surface area contributed by atoms with Crippen LogP contribution in [0.15, 0.2) is 59.5 Å². The van der Waals surface area contributed by atoms with Gasteiger partial charge in [-0.1, -0.05) is 55.5 Å². The van der Waals surface area contributed by atoms with Crippen molar-refractivity contribution in [2.24, 2.45) is 0 Å². The van der Waals surface area contributed by atoms with Gasteiger partial charge >= 0.3 is 0 Å². The lowest BCUT2D eigenvalue weighted by atomic mass is 10.1. The van der Waals surface area contributed by atoms with Crippen LogP contribution in [-0.2, 0) is 0 Å². The molecule has 0 amide bonds. The second-order valence-corrected chi connectivity index (χ2v) is 5.66. The van der Waals surface area contributed by atoms with Crippen molar-refractivity contribution in [3.63, 3.8) is 0 Å². The summed E-state index contributed by atoms with van der Waals surface area (Å²) in [6.45, 7) is 5.33. The van der Waals surface area contributed by atoms with E-state index in [9.17, 15) is 0 Å². The minimum absolute atomic E-state index is 0.413. The van der Waals surface area contributed by atoms with E-state index in [1.807, 2.05) is 11.8 Å². The van der Waals surface area contributed by atoms with Crippen LogP contribution in [0.2, 0.25) is 0 Å². The van der Waals surface area contributed by atoms with Crippen molar-refractivity contribution >= 4 is 11.8 Å². The first-order valence-electron chi connectivity index (χ1n) is 6.78. The van der Waals surface area contributed by atoms with Crippen molar-refractivity contribution < 1.29 is 0 Å². The molecule has 1 N–H and O–H groups in total. The van der Waals surface area contributed by atoms with Crippen molar-refractivity contribution in [3.05, 3.63) is 65.7 Å². The monoisotopic (exact) mass is 271 g/mol. The van der Waals surface area contributed by atoms with Gasteiger partial charge in [-0.2, -0.15) is 0 Å². The zero-order valence-corrected chi connectivity index (χ0v) is 12.4. The van der Waals surface area contributed by atoms with E-state index >= 15 is 0 Å². The maximum atomic E-state index is 3.57. The van der Waals surface area contributed by atoms with Gasteiger partial charge in [-0.05, 0) is 30.7 Å². The molecule has 0 aliphatic carbocycles. The Bertz CT molecular complexity index is 496. The average molecular weight is 271 g/mol. The Kier molecular flexibility index (Phi) is 5.49. The fourth-order valence-electron chi connectivity index (χ4n) is 2.10. The summed E-state index contributed by atoms with van der Waals surface area (Å²) >= 11 is 1.93. The summed E-state index contributed by atoms with van der Waals surface area (Å²) in [4.78, 5) is 1.38. The molecular formula is C17H21NS. The normalized spacial score (nSPS) is 12.3. The van der Waals surface area contributed by atoms with Crippen LogP contribution in [0.5, 0.6) is 0 Å². The van der Waals surface area contributed by atoms with Crippen LogP contribution in [0, 0.1) is 6.92 Å². The highest BCUT2D eigenvalue weighted by Gasteiger charge is 2.10. The lowest BCUT2D eigenvalue weighted by Crippen LogP contribution is -2.22. The summed E-state index contributed by atoms with van der Waals surface area (Å²) in [6.07, 6.45) is 0. The molecule has 1 atom stereocenters. The van der Waals surface area contributed by atoms with Gasteiger partial charge in [-0.3, -0.25) is 0 Å². The molecule has 0 aromatic heterocycles. The van der Waals surface area contributed by atoms with E-state index in [1.54, 1.807) is 0 Å². The topological polar surface area (TPSA) is 12.0 Å². The molecule has 2 aromatic carbocycles. The maximum Gasteiger partial charge on any atom is 0.0415 e. The number of thioether (sulfide) groups is 1. The number of hydrogen-bond donors (Lipinski definition) is 1. The molecule has 2 rings (SSSR count). The van der Waals surface area contributed by atoms with E-state index in [4.69, 9.17) is 0 Å². The largest absolute Gasteiger partial charge is 0.309 e. The molecule has 100 valence electrons. The smallest absolute Gasteiger partial charge is 0.0415 e. The number of hydrogen-bond acceptors (Lipinski definition) is 2. The van der Waals surface area contributed by atoms with Crippen LogP contribution in [0.25, 0.3) is 0 Å². The van der Waals surface area contributed by atoms with E-state index < -0.39 is 0 Å². The minimum Gasteiger partial charge on any atom is -0.309 e. The molecule has 0 heterocycles. The van der Waals surface area contributed by atoms with Gasteiger partial charge in [0.2, 0.25) is 0 Å². The molecule has 0 aliphatic rings. The van der Waals surface area contributed by atoms with E-state index in [2.05, 4.69) is 73.8 Å². The SMILES string of the molecule is CCNC(CSc1ccccc1C)c1ccccc1. The van der Waals surface area contributed by atoms with E-state index in [0.717, 1.165) is 12.3 Å². The summed E-state index contributed by atoms with van der Waals surface area (Å²) in [5.74, 6) is 1.06. The molecule has 0 fully saturated rings. The second kappa shape index (κ2) is 7.37. The lowest BCUT2D eigenvalue weighted by molar-refractivity contribution is 0.606. The molecule has 0 saturated heterocycles. The zero-order chi connectivity index (χ0) is 13.5. The molecule has 0 aliphatic heterocycles. The predicted molar refractivity (Wildman–Crippen MR) is 84.8 cm³/mol. The third kappa shape index (κ3) is 4.12. The van der Waals surface area contributed by atoms with Crippen LogP contribution in [0.1, 0.15) is 24.1 Å². The Labute approximate surface area is 120 Å². The van der Waals surface area contributed by atoms with Crippen LogP contribution in [0.3, 0.4) is 0 Å². The van der Waals surface area contributed by atoms with Gasteiger partial charge in [0.05, 0.1) is 0 Å². The highest BCUT2D eigenvalue weighted by molar-refractivity contribution is 7.99. The number of aryl methyl sites for hydroxylation is 1. The summed E-state index contributed by atoms with van der Waals surface area (Å²) in [5, 5.41) is 3.57. The number of nitrogens with one attached hydrogen (secondary N) is 1. The molecule has 2 heteroatoms. The van der Waals surface area contributed by atoms with Crippen LogP contribution in [-0.4, -0.2) is 12.3 Å². The van der Waals surface area contributed by atoms with Crippen molar-refractivity contribution in [1.82, 2.24) is 5.32 Å². The Balaban J connectivity index is 2.04. The quantitative estimate of drug-likeness (QED) is 0.780. The van der Waals surface area contributed by atoms with Crippen LogP contribution in [0.4, 0.5) is 0 Å². The fraction of sp³-hybridized carbons (Fsp3) is 0.294.